The molecule has 5 nitrogen and oxygen atoms in total. The second-order valence-corrected chi connectivity index (χ2v) is 3.67. The summed E-state index contributed by atoms with van der Waals surface area (Å²) in [5, 5.41) is 12.9. The number of halogens is 1. The number of aromatic nitrogens is 1. The molecule has 0 saturated carbocycles. The molecular formula is C12H6FNO4. The molecule has 1 N–H and O–H groups in total. The quantitative estimate of drug-likeness (QED) is 0.753. The Bertz CT molecular complexity index is 743. The van der Waals surface area contributed by atoms with Crippen LogP contribution in [0.15, 0.2) is 39.5 Å². The van der Waals surface area contributed by atoms with Gasteiger partial charge in [-0.3, -0.25) is 0 Å². The molecule has 0 unspecified atom stereocenters. The van der Waals surface area contributed by atoms with Gasteiger partial charge in [0, 0.05) is 23.1 Å². The molecule has 0 aliphatic rings. The van der Waals surface area contributed by atoms with Gasteiger partial charge in [-0.25, -0.2) is 9.18 Å². The number of fused-ring (bicyclic) bond motifs is 1. The maximum absolute atomic E-state index is 13.8. The average Bonchev–Trinajstić information content (AvgIpc) is 2.94. The van der Waals surface area contributed by atoms with Crippen molar-refractivity contribution >= 4 is 16.9 Å². The molecule has 0 bridgehead atoms. The number of carbonyl (C=O) groups is 1. The fourth-order valence-electron chi connectivity index (χ4n) is 1.68. The molecule has 0 spiro atoms. The lowest BCUT2D eigenvalue weighted by atomic mass is 10.1. The highest BCUT2D eigenvalue weighted by atomic mass is 19.1. The number of carboxylic acids is 1. The molecule has 2 aromatic heterocycles. The van der Waals surface area contributed by atoms with Crippen molar-refractivity contribution in [3.8, 4) is 11.3 Å². The summed E-state index contributed by atoms with van der Waals surface area (Å²) in [5.74, 6) is -2.14. The molecule has 90 valence electrons. The van der Waals surface area contributed by atoms with Crippen LogP contribution in [0.1, 0.15) is 10.6 Å². The smallest absolute Gasteiger partial charge is 0.374 e. The number of aromatic carboxylic acids is 1. The molecule has 18 heavy (non-hydrogen) atoms. The van der Waals surface area contributed by atoms with E-state index in [4.69, 9.17) is 9.52 Å². The third-order valence-electron chi connectivity index (χ3n) is 2.54. The number of hydrogen-bond donors (Lipinski definition) is 1. The van der Waals surface area contributed by atoms with E-state index in [1.54, 1.807) is 6.07 Å². The highest BCUT2D eigenvalue weighted by Gasteiger charge is 2.16. The Labute approximate surface area is 99.4 Å². The van der Waals surface area contributed by atoms with Crippen LogP contribution in [0.4, 0.5) is 4.39 Å². The van der Waals surface area contributed by atoms with Crippen molar-refractivity contribution in [1.82, 2.24) is 5.16 Å². The Morgan fingerprint density at radius 3 is 2.89 bits per heavy atom. The van der Waals surface area contributed by atoms with Gasteiger partial charge in [0.15, 0.2) is 0 Å². The maximum atomic E-state index is 13.8. The van der Waals surface area contributed by atoms with Crippen LogP contribution in [-0.2, 0) is 0 Å². The molecule has 2 heterocycles. The molecule has 0 aliphatic heterocycles. The molecule has 0 saturated heterocycles. The summed E-state index contributed by atoms with van der Waals surface area (Å²) in [6, 6.07) is 5.60. The van der Waals surface area contributed by atoms with E-state index in [2.05, 4.69) is 9.68 Å². The summed E-state index contributed by atoms with van der Waals surface area (Å²) in [5.41, 5.74) is 0.714. The van der Waals surface area contributed by atoms with Crippen molar-refractivity contribution in [3.05, 3.63) is 42.1 Å². The van der Waals surface area contributed by atoms with Crippen LogP contribution in [0.5, 0.6) is 0 Å². The number of carboxylic acid groups (broad SMARTS) is 1. The number of benzene rings is 1. The minimum absolute atomic E-state index is 0.132. The van der Waals surface area contributed by atoms with Gasteiger partial charge >= 0.3 is 5.97 Å². The lowest BCUT2D eigenvalue weighted by Crippen LogP contribution is -1.91. The third-order valence-corrected chi connectivity index (χ3v) is 2.54. The largest absolute Gasteiger partial charge is 0.475 e. The van der Waals surface area contributed by atoms with Crippen LogP contribution in [0.25, 0.3) is 22.2 Å². The lowest BCUT2D eigenvalue weighted by molar-refractivity contribution is 0.0652. The van der Waals surface area contributed by atoms with Gasteiger partial charge in [0.2, 0.25) is 5.76 Å². The zero-order valence-corrected chi connectivity index (χ0v) is 8.88. The normalized spacial score (nSPS) is 10.9. The molecular weight excluding hydrogens is 241 g/mol. The van der Waals surface area contributed by atoms with Gasteiger partial charge in [-0.15, -0.1) is 0 Å². The van der Waals surface area contributed by atoms with Gasteiger partial charge in [0.1, 0.15) is 17.1 Å². The minimum Gasteiger partial charge on any atom is -0.475 e. The Kier molecular flexibility index (Phi) is 2.16. The summed E-state index contributed by atoms with van der Waals surface area (Å²) in [7, 11) is 0. The maximum Gasteiger partial charge on any atom is 0.374 e. The van der Waals surface area contributed by atoms with Crippen molar-refractivity contribution in [2.45, 2.75) is 0 Å². The van der Waals surface area contributed by atoms with Crippen LogP contribution in [0.2, 0.25) is 0 Å². The molecule has 0 radical (unpaired) electrons. The summed E-state index contributed by atoms with van der Waals surface area (Å²) in [6.07, 6.45) is 1.44. The average molecular weight is 247 g/mol. The molecule has 0 aliphatic carbocycles. The first-order valence-corrected chi connectivity index (χ1v) is 5.02. The third kappa shape index (κ3) is 1.55. The van der Waals surface area contributed by atoms with Crippen molar-refractivity contribution in [2.24, 2.45) is 0 Å². The van der Waals surface area contributed by atoms with Crippen molar-refractivity contribution < 1.29 is 23.2 Å². The van der Waals surface area contributed by atoms with E-state index in [-0.39, 0.29) is 17.0 Å². The number of furan rings is 1. The predicted octanol–water partition coefficient (Wildman–Crippen LogP) is 2.93. The summed E-state index contributed by atoms with van der Waals surface area (Å²) >= 11 is 0. The van der Waals surface area contributed by atoms with E-state index >= 15 is 0 Å². The number of rotatable bonds is 2. The number of nitrogens with zero attached hydrogens (tertiary/aromatic N) is 1. The van der Waals surface area contributed by atoms with Crippen LogP contribution in [-0.4, -0.2) is 16.2 Å². The molecule has 0 fully saturated rings. The lowest BCUT2D eigenvalue weighted by Gasteiger charge is -1.98. The van der Waals surface area contributed by atoms with Gasteiger partial charge in [0.25, 0.3) is 0 Å². The van der Waals surface area contributed by atoms with E-state index in [9.17, 15) is 9.18 Å². The van der Waals surface area contributed by atoms with Gasteiger partial charge in [-0.2, -0.15) is 0 Å². The first-order chi connectivity index (χ1) is 8.65. The summed E-state index contributed by atoms with van der Waals surface area (Å²) in [6.45, 7) is 0. The second-order valence-electron chi connectivity index (χ2n) is 3.67. The predicted molar refractivity (Wildman–Crippen MR) is 58.6 cm³/mol. The van der Waals surface area contributed by atoms with Crippen LogP contribution < -0.4 is 0 Å². The molecule has 3 rings (SSSR count). The van der Waals surface area contributed by atoms with Crippen LogP contribution in [0, 0.1) is 5.82 Å². The van der Waals surface area contributed by atoms with Crippen molar-refractivity contribution in [3.63, 3.8) is 0 Å². The zero-order chi connectivity index (χ0) is 12.7. The van der Waals surface area contributed by atoms with E-state index in [1.165, 1.54) is 24.5 Å². The molecule has 1 aromatic carbocycles. The van der Waals surface area contributed by atoms with Crippen LogP contribution in [0.3, 0.4) is 0 Å². The molecule has 0 amide bonds. The van der Waals surface area contributed by atoms with Gasteiger partial charge in [-0.05, 0) is 12.1 Å². The SMILES string of the molecule is O=C(O)c1cc(-c2cc3ccoc3cc2F)no1. The Morgan fingerprint density at radius 2 is 2.17 bits per heavy atom. The standard InChI is InChI=1S/C12H6FNO4/c13-8-4-10-6(1-2-17-10)3-7(8)9-5-11(12(15)16)18-14-9/h1-5H,(H,15,16). The van der Waals surface area contributed by atoms with E-state index in [1.807, 2.05) is 0 Å². The highest BCUT2D eigenvalue weighted by molar-refractivity contribution is 5.87. The van der Waals surface area contributed by atoms with E-state index in [0.29, 0.717) is 11.0 Å². The van der Waals surface area contributed by atoms with Gasteiger partial charge < -0.3 is 14.0 Å². The van der Waals surface area contributed by atoms with Crippen LogP contribution >= 0.6 is 0 Å². The summed E-state index contributed by atoms with van der Waals surface area (Å²) in [4.78, 5) is 10.7. The van der Waals surface area contributed by atoms with E-state index in [0.717, 1.165) is 0 Å². The van der Waals surface area contributed by atoms with E-state index < -0.39 is 11.8 Å². The minimum atomic E-state index is -1.25. The zero-order valence-electron chi connectivity index (χ0n) is 8.88. The second kappa shape index (κ2) is 3.69. The van der Waals surface area contributed by atoms with Gasteiger partial charge in [0.05, 0.1) is 6.26 Å². The Hall–Kier alpha value is -2.63. The van der Waals surface area contributed by atoms with Crippen molar-refractivity contribution in [1.29, 1.82) is 0 Å². The first kappa shape index (κ1) is 10.5. The fourth-order valence-corrected chi connectivity index (χ4v) is 1.68. The monoisotopic (exact) mass is 247 g/mol. The molecule has 3 aromatic rings. The van der Waals surface area contributed by atoms with Gasteiger partial charge in [-0.1, -0.05) is 5.16 Å². The highest BCUT2D eigenvalue weighted by Crippen LogP contribution is 2.28. The Balaban J connectivity index is 2.17. The first-order valence-electron chi connectivity index (χ1n) is 5.02. The number of hydrogen-bond acceptors (Lipinski definition) is 4. The topological polar surface area (TPSA) is 76.5 Å². The fraction of sp³-hybridized carbons (Fsp3) is 0. The Morgan fingerprint density at radius 1 is 1.33 bits per heavy atom. The summed E-state index contributed by atoms with van der Waals surface area (Å²) < 4.78 is 23.4. The van der Waals surface area contributed by atoms with Crippen molar-refractivity contribution in [2.75, 3.05) is 0 Å². The molecule has 6 heteroatoms. The molecule has 0 atom stereocenters.